The molecule has 0 aliphatic rings. The summed E-state index contributed by atoms with van der Waals surface area (Å²) >= 11 is 2.21. The van der Waals surface area contributed by atoms with Crippen LogP contribution in [0.5, 0.6) is 5.75 Å². The Bertz CT molecular complexity index is 1220. The highest BCUT2D eigenvalue weighted by atomic mass is 127. The highest BCUT2D eigenvalue weighted by Crippen LogP contribution is 2.15. The molecule has 10 heteroatoms. The van der Waals surface area contributed by atoms with E-state index >= 15 is 0 Å². The number of nitrogens with one attached hydrogen (secondary N) is 3. The molecule has 3 aromatic carbocycles. The molecule has 0 bridgehead atoms. The van der Waals surface area contributed by atoms with Crippen molar-refractivity contribution in [1.82, 2.24) is 16.0 Å². The van der Waals surface area contributed by atoms with E-state index in [1.54, 1.807) is 30.3 Å². The van der Waals surface area contributed by atoms with E-state index in [9.17, 15) is 23.2 Å². The van der Waals surface area contributed by atoms with Crippen LogP contribution >= 0.6 is 22.6 Å². The van der Waals surface area contributed by atoms with Gasteiger partial charge in [-0.1, -0.05) is 30.3 Å². The van der Waals surface area contributed by atoms with Crippen LogP contribution in [0, 0.1) is 15.2 Å². The Labute approximate surface area is 233 Å². The highest BCUT2D eigenvalue weighted by Gasteiger charge is 2.25. The first-order valence-electron chi connectivity index (χ1n) is 12.0. The van der Waals surface area contributed by atoms with Crippen molar-refractivity contribution in [2.24, 2.45) is 0 Å². The Kier molecular flexibility index (Phi) is 11.0. The van der Waals surface area contributed by atoms with E-state index in [1.807, 2.05) is 24.3 Å². The van der Waals surface area contributed by atoms with Crippen molar-refractivity contribution in [3.05, 3.63) is 99.1 Å². The normalized spacial score (nSPS) is 12.2. The molecule has 3 rings (SSSR count). The summed E-state index contributed by atoms with van der Waals surface area (Å²) in [7, 11) is 0. The molecule has 0 aromatic heterocycles. The molecular formula is C28H28F2IN3O4. The van der Waals surface area contributed by atoms with Crippen molar-refractivity contribution in [2.45, 2.75) is 31.8 Å². The van der Waals surface area contributed by atoms with Crippen LogP contribution in [0.25, 0.3) is 0 Å². The van der Waals surface area contributed by atoms with E-state index in [0.717, 1.165) is 21.5 Å². The fourth-order valence-electron chi connectivity index (χ4n) is 3.58. The molecule has 0 unspecified atom stereocenters. The molecular weight excluding hydrogens is 607 g/mol. The summed E-state index contributed by atoms with van der Waals surface area (Å²) < 4.78 is 33.6. The van der Waals surface area contributed by atoms with E-state index in [1.165, 1.54) is 6.92 Å². The molecule has 200 valence electrons. The van der Waals surface area contributed by atoms with E-state index < -0.39 is 41.4 Å². The minimum atomic E-state index is -0.998. The van der Waals surface area contributed by atoms with Crippen LogP contribution in [0.1, 0.15) is 30.5 Å². The van der Waals surface area contributed by atoms with Crippen LogP contribution in [-0.2, 0) is 20.8 Å². The summed E-state index contributed by atoms with van der Waals surface area (Å²) in [5.74, 6) is -2.44. The van der Waals surface area contributed by atoms with Crippen LogP contribution in [0.3, 0.4) is 0 Å². The maximum absolute atomic E-state index is 13.4. The average Bonchev–Trinajstić information content (AvgIpc) is 2.87. The van der Waals surface area contributed by atoms with Gasteiger partial charge < -0.3 is 20.7 Å². The molecule has 0 saturated heterocycles. The van der Waals surface area contributed by atoms with Gasteiger partial charge in [-0.2, -0.15) is 0 Å². The van der Waals surface area contributed by atoms with Gasteiger partial charge in [0.25, 0.3) is 0 Å². The molecule has 0 aliphatic carbocycles. The summed E-state index contributed by atoms with van der Waals surface area (Å²) in [6, 6.07) is 17.2. The molecule has 2 atom stereocenters. The first-order valence-corrected chi connectivity index (χ1v) is 13.0. The molecule has 38 heavy (non-hydrogen) atoms. The minimum Gasteiger partial charge on any atom is -0.494 e. The van der Waals surface area contributed by atoms with Crippen molar-refractivity contribution in [3.8, 4) is 5.75 Å². The maximum Gasteiger partial charge on any atom is 0.247 e. The predicted octanol–water partition coefficient (Wildman–Crippen LogP) is 4.06. The molecule has 0 spiro atoms. The van der Waals surface area contributed by atoms with Gasteiger partial charge in [0, 0.05) is 16.2 Å². The standard InChI is InChI=1S/C28H28F2IN3O4/c1-18(33-25(35)16-19-14-21(29)17-22(30)15-19)27(36)34-26(20-6-3-2-4-7-20)28(37)32-12-5-13-38-24-10-8-23(31)9-11-24/h2-4,6-11,14-15,17-18,26H,5,12-13,16H2,1H3,(H,32,37)(H,33,35)(H,34,36)/t18-,26-/m0/s1. The molecule has 3 N–H and O–H groups in total. The second-order valence-corrected chi connectivity index (χ2v) is 9.79. The quantitative estimate of drug-likeness (QED) is 0.207. The third kappa shape index (κ3) is 9.40. The molecule has 7 nitrogen and oxygen atoms in total. The molecule has 0 radical (unpaired) electrons. The lowest BCUT2D eigenvalue weighted by Crippen LogP contribution is -2.49. The minimum absolute atomic E-state index is 0.139. The summed E-state index contributed by atoms with van der Waals surface area (Å²) in [5.41, 5.74) is 0.711. The Hall–Kier alpha value is -3.54. The van der Waals surface area contributed by atoms with Crippen LogP contribution in [0.2, 0.25) is 0 Å². The van der Waals surface area contributed by atoms with Crippen molar-refractivity contribution in [3.63, 3.8) is 0 Å². The predicted molar refractivity (Wildman–Crippen MR) is 147 cm³/mol. The van der Waals surface area contributed by atoms with Gasteiger partial charge >= 0.3 is 0 Å². The fraction of sp³-hybridized carbons (Fsp3) is 0.250. The van der Waals surface area contributed by atoms with Crippen LogP contribution in [0.4, 0.5) is 8.78 Å². The smallest absolute Gasteiger partial charge is 0.247 e. The monoisotopic (exact) mass is 635 g/mol. The zero-order valence-corrected chi connectivity index (χ0v) is 22.8. The SMILES string of the molecule is C[C@H](NC(=O)Cc1cc(F)cc(F)c1)C(=O)N[C@H](C(=O)NCCCOc1ccc(I)cc1)c1ccccc1. The van der Waals surface area contributed by atoms with Gasteiger partial charge in [0.05, 0.1) is 13.0 Å². The molecule has 0 aliphatic heterocycles. The highest BCUT2D eigenvalue weighted by molar-refractivity contribution is 14.1. The molecule has 3 amide bonds. The van der Waals surface area contributed by atoms with E-state index in [2.05, 4.69) is 38.5 Å². The number of ether oxygens (including phenoxy) is 1. The molecule has 3 aromatic rings. The van der Waals surface area contributed by atoms with Gasteiger partial charge in [0.1, 0.15) is 29.5 Å². The zero-order chi connectivity index (χ0) is 27.5. The van der Waals surface area contributed by atoms with E-state index in [4.69, 9.17) is 4.74 Å². The molecule has 0 fully saturated rings. The second-order valence-electron chi connectivity index (χ2n) is 8.54. The lowest BCUT2D eigenvalue weighted by atomic mass is 10.1. The lowest BCUT2D eigenvalue weighted by molar-refractivity contribution is -0.131. The average molecular weight is 635 g/mol. The van der Waals surface area contributed by atoms with Crippen molar-refractivity contribution < 1.29 is 27.9 Å². The van der Waals surface area contributed by atoms with Crippen molar-refractivity contribution >= 4 is 40.3 Å². The van der Waals surface area contributed by atoms with Gasteiger partial charge in [-0.3, -0.25) is 14.4 Å². The van der Waals surface area contributed by atoms with Crippen LogP contribution < -0.4 is 20.7 Å². The van der Waals surface area contributed by atoms with Crippen molar-refractivity contribution in [1.29, 1.82) is 0 Å². The third-order valence-corrected chi connectivity index (χ3v) is 6.16. The number of amides is 3. The van der Waals surface area contributed by atoms with E-state index in [-0.39, 0.29) is 12.0 Å². The Balaban J connectivity index is 1.52. The third-order valence-electron chi connectivity index (χ3n) is 5.44. The number of benzene rings is 3. The number of carbonyl (C=O) groups is 3. The largest absolute Gasteiger partial charge is 0.494 e. The number of halogens is 3. The van der Waals surface area contributed by atoms with E-state index in [0.29, 0.717) is 31.2 Å². The lowest BCUT2D eigenvalue weighted by Gasteiger charge is -2.22. The Morgan fingerprint density at radius 1 is 0.895 bits per heavy atom. The van der Waals surface area contributed by atoms with Gasteiger partial charge in [-0.15, -0.1) is 0 Å². The van der Waals surface area contributed by atoms with Gasteiger partial charge in [-0.05, 0) is 83.5 Å². The zero-order valence-electron chi connectivity index (χ0n) is 20.7. The first-order chi connectivity index (χ1) is 18.2. The van der Waals surface area contributed by atoms with Gasteiger partial charge in [0.2, 0.25) is 17.7 Å². The Morgan fingerprint density at radius 2 is 1.55 bits per heavy atom. The summed E-state index contributed by atoms with van der Waals surface area (Å²) in [5, 5.41) is 7.98. The van der Waals surface area contributed by atoms with Crippen LogP contribution in [0.15, 0.2) is 72.8 Å². The fourth-order valence-corrected chi connectivity index (χ4v) is 3.94. The topological polar surface area (TPSA) is 96.5 Å². The van der Waals surface area contributed by atoms with Crippen molar-refractivity contribution in [2.75, 3.05) is 13.2 Å². The number of carbonyl (C=O) groups excluding carboxylic acids is 3. The maximum atomic E-state index is 13.4. The number of hydrogen-bond donors (Lipinski definition) is 3. The van der Waals surface area contributed by atoms with Crippen LogP contribution in [-0.4, -0.2) is 36.9 Å². The van der Waals surface area contributed by atoms with Gasteiger partial charge in [0.15, 0.2) is 0 Å². The number of hydrogen-bond acceptors (Lipinski definition) is 4. The summed E-state index contributed by atoms with van der Waals surface area (Å²) in [6.45, 7) is 2.20. The van der Waals surface area contributed by atoms with Gasteiger partial charge in [-0.25, -0.2) is 8.78 Å². The Morgan fingerprint density at radius 3 is 2.21 bits per heavy atom. The second kappa shape index (κ2) is 14.4. The summed E-state index contributed by atoms with van der Waals surface area (Å²) in [6.07, 6.45) is 0.250. The first kappa shape index (κ1) is 29.0. The number of rotatable bonds is 12. The molecule has 0 saturated carbocycles. The molecule has 0 heterocycles. The summed E-state index contributed by atoms with van der Waals surface area (Å²) in [4.78, 5) is 38.1.